The molecule has 6 heteroatoms. The Morgan fingerprint density at radius 1 is 1.23 bits per heavy atom. The van der Waals surface area contributed by atoms with Crippen molar-refractivity contribution in [1.29, 1.82) is 0 Å². The molecular weight excluding hydrogens is 316 g/mol. The monoisotopic (exact) mass is 334 g/mol. The van der Waals surface area contributed by atoms with E-state index in [-0.39, 0.29) is 18.1 Å². The van der Waals surface area contributed by atoms with Gasteiger partial charge in [0.1, 0.15) is 0 Å². The minimum Gasteiger partial charge on any atom is -0.369 e. The van der Waals surface area contributed by atoms with E-state index in [0.29, 0.717) is 5.75 Å². The van der Waals surface area contributed by atoms with Crippen molar-refractivity contribution in [2.24, 2.45) is 5.73 Å². The van der Waals surface area contributed by atoms with Gasteiger partial charge in [0.05, 0.1) is 17.9 Å². The zero-order valence-corrected chi connectivity index (χ0v) is 14.4. The summed E-state index contributed by atoms with van der Waals surface area (Å²) in [6.45, 7) is 5.88. The van der Waals surface area contributed by atoms with Crippen LogP contribution in [0.25, 0.3) is 0 Å². The molecule has 0 fully saturated rings. The fourth-order valence-electron chi connectivity index (χ4n) is 1.91. The number of carbonyl (C=O) groups excluding carboxylic acids is 2. The number of amides is 1. The third-order valence-electron chi connectivity index (χ3n) is 3.36. The number of aryl methyl sites for hydroxylation is 3. The van der Waals surface area contributed by atoms with Gasteiger partial charge in [0.15, 0.2) is 10.1 Å². The third-order valence-corrected chi connectivity index (χ3v) is 5.66. The number of aromatic nitrogens is 1. The van der Waals surface area contributed by atoms with Gasteiger partial charge in [-0.25, -0.2) is 4.98 Å². The van der Waals surface area contributed by atoms with Crippen molar-refractivity contribution in [2.45, 2.75) is 31.5 Å². The number of nitrogens with two attached hydrogens (primary N) is 1. The smallest absolute Gasteiger partial charge is 0.222 e. The molecule has 1 heterocycles. The molecule has 22 heavy (non-hydrogen) atoms. The fourth-order valence-corrected chi connectivity index (χ4v) is 4.05. The van der Waals surface area contributed by atoms with Gasteiger partial charge in [-0.2, -0.15) is 0 Å². The van der Waals surface area contributed by atoms with Crippen LogP contribution in [0.3, 0.4) is 0 Å². The normalized spacial score (nSPS) is 10.7. The van der Waals surface area contributed by atoms with Crippen LogP contribution in [0.1, 0.15) is 32.1 Å². The van der Waals surface area contributed by atoms with Gasteiger partial charge in [-0.3, -0.25) is 9.59 Å². The van der Waals surface area contributed by atoms with Crippen LogP contribution in [0.4, 0.5) is 0 Å². The Labute approximate surface area is 138 Å². The molecule has 0 aliphatic heterocycles. The first-order valence-corrected chi connectivity index (χ1v) is 8.65. The zero-order chi connectivity index (χ0) is 16.3. The fraction of sp³-hybridized carbons (Fsp3) is 0.312. The lowest BCUT2D eigenvalue weighted by atomic mass is 10.0. The van der Waals surface area contributed by atoms with Crippen molar-refractivity contribution < 1.29 is 9.59 Å². The molecule has 116 valence electrons. The first-order chi connectivity index (χ1) is 10.4. The van der Waals surface area contributed by atoms with Gasteiger partial charge in [0.25, 0.3) is 0 Å². The highest BCUT2D eigenvalue weighted by molar-refractivity contribution is 8.01. The summed E-state index contributed by atoms with van der Waals surface area (Å²) in [5.41, 5.74) is 9.03. The SMILES string of the molecule is Cc1ccc(C(=O)CSc2nc(C)c(CC(N)=O)s2)cc1C. The molecule has 1 aromatic heterocycles. The standard InChI is InChI=1S/C16H18N2O2S2/c1-9-4-5-12(6-10(9)2)13(19)8-21-16-18-11(3)14(22-16)7-15(17)20/h4-6H,7-8H2,1-3H3,(H2,17,20). The number of hydrogen-bond acceptors (Lipinski definition) is 5. The molecule has 0 bridgehead atoms. The molecule has 1 aromatic carbocycles. The summed E-state index contributed by atoms with van der Waals surface area (Å²) in [5.74, 6) is 0.0535. The Morgan fingerprint density at radius 3 is 2.59 bits per heavy atom. The Morgan fingerprint density at radius 2 is 1.95 bits per heavy atom. The summed E-state index contributed by atoms with van der Waals surface area (Å²) in [6.07, 6.45) is 0.204. The van der Waals surface area contributed by atoms with Gasteiger partial charge in [0.2, 0.25) is 5.91 Å². The minimum atomic E-state index is -0.366. The van der Waals surface area contributed by atoms with E-state index >= 15 is 0 Å². The average Bonchev–Trinajstić information content (AvgIpc) is 2.79. The van der Waals surface area contributed by atoms with Gasteiger partial charge >= 0.3 is 0 Å². The van der Waals surface area contributed by atoms with E-state index in [1.807, 2.05) is 39.0 Å². The van der Waals surface area contributed by atoms with Crippen LogP contribution < -0.4 is 5.73 Å². The summed E-state index contributed by atoms with van der Waals surface area (Å²) < 4.78 is 0.797. The van der Waals surface area contributed by atoms with Crippen LogP contribution in [0, 0.1) is 20.8 Å². The summed E-state index contributed by atoms with van der Waals surface area (Å²) in [7, 11) is 0. The largest absolute Gasteiger partial charge is 0.369 e. The second-order valence-electron chi connectivity index (χ2n) is 5.14. The van der Waals surface area contributed by atoms with E-state index in [1.165, 1.54) is 28.7 Å². The Hall–Kier alpha value is -1.66. The highest BCUT2D eigenvalue weighted by atomic mass is 32.2. The number of ketones is 1. The number of hydrogen-bond donors (Lipinski definition) is 1. The molecule has 0 aliphatic carbocycles. The lowest BCUT2D eigenvalue weighted by Gasteiger charge is -2.03. The van der Waals surface area contributed by atoms with E-state index in [9.17, 15) is 9.59 Å². The third kappa shape index (κ3) is 4.18. The van der Waals surface area contributed by atoms with Crippen molar-refractivity contribution in [3.8, 4) is 0 Å². The van der Waals surface area contributed by atoms with Crippen molar-refractivity contribution in [3.63, 3.8) is 0 Å². The van der Waals surface area contributed by atoms with Crippen molar-refractivity contribution >= 4 is 34.8 Å². The first-order valence-electron chi connectivity index (χ1n) is 6.84. The van der Waals surface area contributed by atoms with Gasteiger partial charge in [-0.15, -0.1) is 11.3 Å². The molecule has 0 unspecified atom stereocenters. The highest BCUT2D eigenvalue weighted by Gasteiger charge is 2.13. The topological polar surface area (TPSA) is 73.1 Å². The highest BCUT2D eigenvalue weighted by Crippen LogP contribution is 2.28. The Kier molecular flexibility index (Phi) is 5.37. The summed E-state index contributed by atoms with van der Waals surface area (Å²) in [6, 6.07) is 5.74. The number of Topliss-reactive ketones (excluding diaryl/α,β-unsaturated/α-hetero) is 1. The lowest BCUT2D eigenvalue weighted by Crippen LogP contribution is -2.13. The van der Waals surface area contributed by atoms with Crippen LogP contribution in [0.2, 0.25) is 0 Å². The molecule has 4 nitrogen and oxygen atoms in total. The van der Waals surface area contributed by atoms with Crippen molar-refractivity contribution in [3.05, 3.63) is 45.5 Å². The predicted molar refractivity (Wildman–Crippen MR) is 90.7 cm³/mol. The molecule has 2 aromatic rings. The molecular formula is C16H18N2O2S2. The maximum Gasteiger partial charge on any atom is 0.222 e. The van der Waals surface area contributed by atoms with E-state index in [2.05, 4.69) is 4.98 Å². The molecule has 2 N–H and O–H groups in total. The van der Waals surface area contributed by atoms with E-state index in [4.69, 9.17) is 5.73 Å². The maximum absolute atomic E-state index is 12.2. The number of benzene rings is 1. The van der Waals surface area contributed by atoms with Crippen molar-refractivity contribution in [1.82, 2.24) is 4.98 Å². The van der Waals surface area contributed by atoms with Gasteiger partial charge < -0.3 is 5.73 Å². The van der Waals surface area contributed by atoms with Gasteiger partial charge in [-0.05, 0) is 38.0 Å². The van der Waals surface area contributed by atoms with E-state index < -0.39 is 0 Å². The molecule has 0 saturated heterocycles. The van der Waals surface area contributed by atoms with Crippen LogP contribution in [0.5, 0.6) is 0 Å². The molecule has 0 aliphatic rings. The summed E-state index contributed by atoms with van der Waals surface area (Å²) in [4.78, 5) is 28.5. The number of thioether (sulfide) groups is 1. The number of nitrogens with zero attached hydrogens (tertiary/aromatic N) is 1. The van der Waals surface area contributed by atoms with E-state index in [1.54, 1.807) is 0 Å². The van der Waals surface area contributed by atoms with Gasteiger partial charge in [0, 0.05) is 10.4 Å². The molecule has 0 spiro atoms. The Bertz CT molecular complexity index is 723. The zero-order valence-electron chi connectivity index (χ0n) is 12.8. The van der Waals surface area contributed by atoms with Crippen molar-refractivity contribution in [2.75, 3.05) is 5.75 Å². The summed E-state index contributed by atoms with van der Waals surface area (Å²) in [5, 5.41) is 0. The van der Waals surface area contributed by atoms with Crippen LogP contribution in [-0.4, -0.2) is 22.4 Å². The molecule has 1 amide bonds. The molecule has 0 saturated carbocycles. The number of primary amides is 1. The maximum atomic E-state index is 12.2. The second-order valence-corrected chi connectivity index (χ2v) is 7.45. The summed E-state index contributed by atoms with van der Waals surface area (Å²) >= 11 is 2.83. The number of thiazole rings is 1. The quantitative estimate of drug-likeness (QED) is 0.651. The Balaban J connectivity index is 2.01. The number of carbonyl (C=O) groups is 2. The van der Waals surface area contributed by atoms with Crippen LogP contribution in [0.15, 0.2) is 22.5 Å². The van der Waals surface area contributed by atoms with E-state index in [0.717, 1.165) is 26.0 Å². The molecule has 0 radical (unpaired) electrons. The first kappa shape index (κ1) is 16.7. The second kappa shape index (κ2) is 7.07. The average molecular weight is 334 g/mol. The lowest BCUT2D eigenvalue weighted by molar-refractivity contribution is -0.117. The molecule has 2 rings (SSSR count). The van der Waals surface area contributed by atoms with Crippen LogP contribution in [-0.2, 0) is 11.2 Å². The van der Waals surface area contributed by atoms with Gasteiger partial charge in [-0.1, -0.05) is 23.9 Å². The minimum absolute atomic E-state index is 0.0809. The predicted octanol–water partition coefficient (Wildman–Crippen LogP) is 3.07. The number of rotatable bonds is 6. The molecule has 0 atom stereocenters. The van der Waals surface area contributed by atoms with Crippen LogP contribution >= 0.6 is 23.1 Å².